The number of benzene rings is 1. The Balaban J connectivity index is 1.83. The summed E-state index contributed by atoms with van der Waals surface area (Å²) < 4.78 is 15.6. The number of aromatic hydroxyl groups is 1. The summed E-state index contributed by atoms with van der Waals surface area (Å²) in [6.45, 7) is 1.11. The summed E-state index contributed by atoms with van der Waals surface area (Å²) in [5, 5.41) is 22.1. The molecule has 198 valence electrons. The molecule has 4 N–H and O–H groups in total. The molecular formula is C25H28FN3O8. The normalized spacial score (nSPS) is 31.1. The van der Waals surface area contributed by atoms with Crippen LogP contribution < -0.4 is 5.73 Å². The van der Waals surface area contributed by atoms with Crippen LogP contribution in [-0.4, -0.2) is 87.7 Å². The largest absolute Gasteiger partial charge is 0.507 e. The molecule has 2 saturated carbocycles. The fourth-order valence-corrected chi connectivity index (χ4v) is 6.19. The molecule has 1 aromatic carbocycles. The summed E-state index contributed by atoms with van der Waals surface area (Å²) in [6.07, 6.45) is -0.371. The Kier molecular flexibility index (Phi) is 6.32. The van der Waals surface area contributed by atoms with E-state index in [1.807, 2.05) is 0 Å². The fraction of sp³-hybridized carbons (Fsp3) is 0.520. The Morgan fingerprint density at radius 1 is 1.16 bits per heavy atom. The number of carbonyl (C=O) groups excluding carboxylic acids is 6. The number of rotatable bonds is 4. The molecular weight excluding hydrogens is 489 g/mol. The number of halogens is 1. The number of likely N-dealkylation sites (N-methyl/N-ethyl adjacent to an activating group) is 1. The molecule has 0 spiro atoms. The van der Waals surface area contributed by atoms with E-state index in [-0.39, 0.29) is 36.4 Å². The summed E-state index contributed by atoms with van der Waals surface area (Å²) in [5.74, 6) is -13.3. The highest BCUT2D eigenvalue weighted by Gasteiger charge is 2.69. The van der Waals surface area contributed by atoms with Gasteiger partial charge >= 0.3 is 0 Å². The number of phenolic OH excluding ortho intramolecular Hbond substituents is 1. The van der Waals surface area contributed by atoms with E-state index in [9.17, 15) is 39.0 Å². The first-order valence-electron chi connectivity index (χ1n) is 11.7. The summed E-state index contributed by atoms with van der Waals surface area (Å²) in [7, 11) is 4.40. The predicted octanol–water partition coefficient (Wildman–Crippen LogP) is -1.02. The average Bonchev–Trinajstić information content (AvgIpc) is 2.78. The van der Waals surface area contributed by atoms with Crippen LogP contribution in [0.25, 0.3) is 0 Å². The van der Waals surface area contributed by atoms with Crippen LogP contribution in [0.15, 0.2) is 6.07 Å². The van der Waals surface area contributed by atoms with Gasteiger partial charge in [0.25, 0.3) is 0 Å². The molecule has 2 fully saturated rings. The second-order valence-electron chi connectivity index (χ2n) is 10.4. The van der Waals surface area contributed by atoms with Gasteiger partial charge < -0.3 is 20.8 Å². The molecule has 0 heterocycles. The first-order chi connectivity index (χ1) is 17.1. The highest BCUT2D eigenvalue weighted by atomic mass is 19.1. The zero-order valence-electron chi connectivity index (χ0n) is 20.8. The Morgan fingerprint density at radius 3 is 2.32 bits per heavy atom. The predicted molar refractivity (Wildman–Crippen MR) is 123 cm³/mol. The maximum Gasteiger partial charge on any atom is 0.235 e. The highest BCUT2D eigenvalue weighted by Crippen LogP contribution is 2.51. The Labute approximate surface area is 211 Å². The quantitative estimate of drug-likeness (QED) is 0.422. The van der Waals surface area contributed by atoms with E-state index in [1.54, 1.807) is 0 Å². The number of hydrogen-bond acceptors (Lipinski definition) is 9. The Bertz CT molecular complexity index is 1280. The number of carbonyl (C=O) groups is 6. The first kappa shape index (κ1) is 26.6. The Morgan fingerprint density at radius 2 is 1.78 bits per heavy atom. The summed E-state index contributed by atoms with van der Waals surface area (Å²) in [5.41, 5.74) is 1.84. The molecule has 3 aliphatic carbocycles. The van der Waals surface area contributed by atoms with Crippen LogP contribution >= 0.6 is 0 Å². The summed E-state index contributed by atoms with van der Waals surface area (Å²) in [4.78, 5) is 79.6. The molecule has 2 unspecified atom stereocenters. The second-order valence-corrected chi connectivity index (χ2v) is 10.4. The van der Waals surface area contributed by atoms with Gasteiger partial charge in [0.05, 0.1) is 17.5 Å². The van der Waals surface area contributed by atoms with Crippen molar-refractivity contribution in [1.82, 2.24) is 9.80 Å². The lowest BCUT2D eigenvalue weighted by Gasteiger charge is -2.52. The minimum atomic E-state index is -2.84. The van der Waals surface area contributed by atoms with E-state index in [4.69, 9.17) is 5.73 Å². The van der Waals surface area contributed by atoms with Crippen LogP contribution in [-0.2, 0) is 36.9 Å². The number of amides is 2. The topological polar surface area (TPSA) is 175 Å². The van der Waals surface area contributed by atoms with Gasteiger partial charge in [-0.3, -0.25) is 33.7 Å². The van der Waals surface area contributed by atoms with Crippen LogP contribution in [0.5, 0.6) is 5.75 Å². The molecule has 2 amide bonds. The van der Waals surface area contributed by atoms with Gasteiger partial charge in [0.1, 0.15) is 11.6 Å². The number of nitrogens with zero attached hydrogens (tertiary/aromatic N) is 2. The number of nitrogens with two attached hydrogens (primary N) is 1. The lowest BCUT2D eigenvalue weighted by Crippen LogP contribution is -2.74. The third-order valence-electron chi connectivity index (χ3n) is 8.01. The van der Waals surface area contributed by atoms with E-state index in [1.165, 1.54) is 37.9 Å². The number of phenols is 1. The fourth-order valence-electron chi connectivity index (χ4n) is 6.19. The van der Waals surface area contributed by atoms with Gasteiger partial charge in [-0.05, 0) is 38.9 Å². The lowest BCUT2D eigenvalue weighted by atomic mass is 9.52. The first-order valence-corrected chi connectivity index (χ1v) is 11.7. The van der Waals surface area contributed by atoms with Crippen molar-refractivity contribution in [3.63, 3.8) is 0 Å². The maximum atomic E-state index is 15.6. The summed E-state index contributed by atoms with van der Waals surface area (Å²) >= 11 is 0. The van der Waals surface area contributed by atoms with E-state index < -0.39 is 81.5 Å². The standard InChI is InChI=1S/C25H28FN3O8/c1-9(30)29(4)8-11-7-14(31)16-12(18(11)26)5-10-6-13-19(28(2)3)21(33)17(24(27)36)23(35)25(13,37)22(34)15(10)20(16)32/h7,10,13,15,17,19,31,37H,5-6,8H2,1-4H3,(H2,27,36)/t10-,13-,15?,17?,19-,25-/m0/s1. The van der Waals surface area contributed by atoms with Gasteiger partial charge in [0.15, 0.2) is 34.7 Å². The van der Waals surface area contributed by atoms with Crippen molar-refractivity contribution in [2.75, 3.05) is 21.1 Å². The molecule has 12 heteroatoms. The van der Waals surface area contributed by atoms with Crippen molar-refractivity contribution in [2.24, 2.45) is 29.4 Å². The molecule has 0 radical (unpaired) electrons. The van der Waals surface area contributed by atoms with Crippen molar-refractivity contribution in [3.05, 3.63) is 28.6 Å². The van der Waals surface area contributed by atoms with Crippen molar-refractivity contribution >= 4 is 34.9 Å². The molecule has 6 atom stereocenters. The number of hydrogen-bond donors (Lipinski definition) is 3. The van der Waals surface area contributed by atoms with E-state index in [2.05, 4.69) is 0 Å². The van der Waals surface area contributed by atoms with Gasteiger partial charge in [-0.15, -0.1) is 0 Å². The molecule has 4 rings (SSSR count). The monoisotopic (exact) mass is 517 g/mol. The van der Waals surface area contributed by atoms with Crippen LogP contribution in [0.2, 0.25) is 0 Å². The lowest BCUT2D eigenvalue weighted by molar-refractivity contribution is -0.181. The van der Waals surface area contributed by atoms with E-state index in [0.29, 0.717) is 0 Å². The third kappa shape index (κ3) is 3.69. The van der Waals surface area contributed by atoms with Crippen molar-refractivity contribution in [1.29, 1.82) is 0 Å². The number of Topliss-reactive ketones (excluding diaryl/α,β-unsaturated/α-hetero) is 4. The van der Waals surface area contributed by atoms with Gasteiger partial charge in [0.2, 0.25) is 11.8 Å². The smallest absolute Gasteiger partial charge is 0.235 e. The van der Waals surface area contributed by atoms with Crippen molar-refractivity contribution in [3.8, 4) is 5.75 Å². The van der Waals surface area contributed by atoms with Crippen LogP contribution in [0.3, 0.4) is 0 Å². The zero-order valence-corrected chi connectivity index (χ0v) is 20.8. The van der Waals surface area contributed by atoms with Gasteiger partial charge in [-0.1, -0.05) is 0 Å². The molecule has 3 aliphatic rings. The molecule has 0 aromatic heterocycles. The Hall–Kier alpha value is -3.51. The minimum absolute atomic E-state index is 0.0302. The molecule has 0 saturated heterocycles. The van der Waals surface area contributed by atoms with Crippen LogP contribution in [0.4, 0.5) is 4.39 Å². The maximum absolute atomic E-state index is 15.6. The van der Waals surface area contributed by atoms with E-state index in [0.717, 1.165) is 6.07 Å². The molecule has 1 aromatic rings. The van der Waals surface area contributed by atoms with Crippen molar-refractivity contribution < 1.29 is 43.4 Å². The molecule has 11 nitrogen and oxygen atoms in total. The summed E-state index contributed by atoms with van der Waals surface area (Å²) in [6, 6.07) is -0.234. The van der Waals surface area contributed by atoms with Crippen molar-refractivity contribution in [2.45, 2.75) is 38.0 Å². The average molecular weight is 518 g/mol. The highest BCUT2D eigenvalue weighted by molar-refractivity contribution is 6.32. The van der Waals surface area contributed by atoms with E-state index >= 15 is 4.39 Å². The second kappa shape index (κ2) is 8.80. The van der Waals surface area contributed by atoms with Gasteiger partial charge in [-0.2, -0.15) is 0 Å². The third-order valence-corrected chi connectivity index (χ3v) is 8.01. The molecule has 0 aliphatic heterocycles. The SMILES string of the molecule is CC(=O)N(C)Cc1cc(O)c2c(c1F)C[C@H]1C[C@H]3[C@H](N(C)C)C(=O)C(C(N)=O)C(=O)[C@@]3(O)C(=O)C1C2=O. The number of fused-ring (bicyclic) bond motifs is 3. The number of ketones is 4. The molecule has 37 heavy (non-hydrogen) atoms. The number of aliphatic hydroxyl groups is 1. The van der Waals surface area contributed by atoms with Gasteiger partial charge in [0, 0.05) is 37.6 Å². The minimum Gasteiger partial charge on any atom is -0.507 e. The van der Waals surface area contributed by atoms with Gasteiger partial charge in [-0.25, -0.2) is 4.39 Å². The zero-order chi connectivity index (χ0) is 27.7. The molecule has 0 bridgehead atoms. The number of primary amides is 1. The van der Waals surface area contributed by atoms with Crippen LogP contribution in [0.1, 0.15) is 34.8 Å². The van der Waals surface area contributed by atoms with Crippen LogP contribution in [0, 0.1) is 29.5 Å².